The molecule has 0 bridgehead atoms. The zero-order valence-corrected chi connectivity index (χ0v) is 10.7. The topological polar surface area (TPSA) is 43.8 Å². The number of likely N-dealkylation sites (N-methyl/N-ethyl adjacent to an activating group) is 1. The maximum absolute atomic E-state index is 11.2. The Morgan fingerprint density at radius 2 is 2.19 bits per heavy atom. The Bertz CT molecular complexity index is 300. The van der Waals surface area contributed by atoms with Gasteiger partial charge in [0.05, 0.1) is 0 Å². The van der Waals surface area contributed by atoms with Crippen molar-refractivity contribution in [2.24, 2.45) is 0 Å². The van der Waals surface area contributed by atoms with Crippen LogP contribution in [0, 0.1) is 0 Å². The summed E-state index contributed by atoms with van der Waals surface area (Å²) in [5, 5.41) is 0. The number of hydrogen-bond donors (Lipinski definition) is 1. The molecular weight excluding hydrogens is 224 g/mol. The van der Waals surface area contributed by atoms with Crippen molar-refractivity contribution in [3.8, 4) is 0 Å². The van der Waals surface area contributed by atoms with Gasteiger partial charge in [-0.2, -0.15) is 4.31 Å². The average molecular weight is 244 g/mol. The van der Waals surface area contributed by atoms with E-state index in [0.29, 0.717) is 13.1 Å². The van der Waals surface area contributed by atoms with Gasteiger partial charge in [0, 0.05) is 19.6 Å². The van der Waals surface area contributed by atoms with Crippen molar-refractivity contribution < 1.29 is 8.76 Å². The summed E-state index contributed by atoms with van der Waals surface area (Å²) in [7, 11) is 3.92. The molecule has 4 nitrogen and oxygen atoms in total. The van der Waals surface area contributed by atoms with Crippen molar-refractivity contribution in [2.45, 2.75) is 12.8 Å². The Morgan fingerprint density at radius 3 is 2.69 bits per heavy atom. The van der Waals surface area contributed by atoms with Crippen molar-refractivity contribution in [1.82, 2.24) is 9.21 Å². The predicted molar refractivity (Wildman–Crippen MR) is 67.4 cm³/mol. The molecule has 0 heterocycles. The Morgan fingerprint density at radius 1 is 1.44 bits per heavy atom. The molecular formula is C11H20N2O2S. The van der Waals surface area contributed by atoms with Gasteiger partial charge < -0.3 is 4.90 Å². The normalized spacial score (nSPS) is 17.9. The fourth-order valence-corrected chi connectivity index (χ4v) is 2.05. The molecule has 0 aromatic rings. The molecule has 92 valence electrons. The molecule has 1 N–H and O–H groups in total. The van der Waals surface area contributed by atoms with Gasteiger partial charge in [0.15, 0.2) is 0 Å². The minimum absolute atomic E-state index is 0.585. The molecule has 0 saturated carbocycles. The van der Waals surface area contributed by atoms with Crippen LogP contribution in [0.3, 0.4) is 0 Å². The fourth-order valence-electron chi connectivity index (χ4n) is 1.53. The van der Waals surface area contributed by atoms with Gasteiger partial charge in [0.2, 0.25) is 11.3 Å². The molecule has 0 aromatic carbocycles. The highest BCUT2D eigenvalue weighted by molar-refractivity contribution is 7.76. The van der Waals surface area contributed by atoms with E-state index < -0.39 is 11.3 Å². The van der Waals surface area contributed by atoms with Crippen LogP contribution in [0.2, 0.25) is 0 Å². The Labute approximate surface area is 100 Å². The maximum Gasteiger partial charge on any atom is 0.234 e. The molecule has 0 fully saturated rings. The highest BCUT2D eigenvalue weighted by Gasteiger charge is 2.13. The second kappa shape index (κ2) is 6.96. The van der Waals surface area contributed by atoms with Gasteiger partial charge in [-0.15, -0.1) is 0 Å². The minimum atomic E-state index is -1.88. The second-order valence-corrected chi connectivity index (χ2v) is 5.17. The van der Waals surface area contributed by atoms with E-state index in [4.69, 9.17) is 0 Å². The first-order valence-electron chi connectivity index (χ1n) is 5.45. The number of hydrogen-bond acceptors (Lipinski definition) is 2. The minimum Gasteiger partial charge on any atom is -0.308 e. The number of allylic oxidation sites excluding steroid dienone is 3. The summed E-state index contributed by atoms with van der Waals surface area (Å²) in [6.45, 7) is 1.98. The zero-order chi connectivity index (χ0) is 12.0. The van der Waals surface area contributed by atoms with Crippen molar-refractivity contribution in [1.29, 1.82) is 0 Å². The summed E-state index contributed by atoms with van der Waals surface area (Å²) < 4.78 is 21.9. The van der Waals surface area contributed by atoms with Crippen molar-refractivity contribution in [3.63, 3.8) is 0 Å². The summed E-state index contributed by atoms with van der Waals surface area (Å²) in [4.78, 5) is 2.01. The van der Waals surface area contributed by atoms with Gasteiger partial charge in [-0.25, -0.2) is 4.21 Å². The van der Waals surface area contributed by atoms with E-state index in [1.165, 1.54) is 5.57 Å². The molecule has 5 heteroatoms. The summed E-state index contributed by atoms with van der Waals surface area (Å²) >= 11 is -1.88. The van der Waals surface area contributed by atoms with Crippen LogP contribution in [0.5, 0.6) is 0 Å². The lowest BCUT2D eigenvalue weighted by Crippen LogP contribution is -2.34. The fraction of sp³-hybridized carbons (Fsp3) is 0.636. The van der Waals surface area contributed by atoms with Gasteiger partial charge in [0.25, 0.3) is 0 Å². The van der Waals surface area contributed by atoms with Crippen molar-refractivity contribution in [3.05, 3.63) is 23.8 Å². The van der Waals surface area contributed by atoms with E-state index in [-0.39, 0.29) is 0 Å². The second-order valence-electron chi connectivity index (χ2n) is 4.19. The van der Waals surface area contributed by atoms with Gasteiger partial charge in [0.1, 0.15) is 0 Å². The van der Waals surface area contributed by atoms with Crippen LogP contribution in [0.25, 0.3) is 0 Å². The molecule has 0 spiro atoms. The van der Waals surface area contributed by atoms with Gasteiger partial charge in [-0.05, 0) is 26.9 Å². The first-order chi connectivity index (χ1) is 7.59. The SMILES string of the molecule is CN(C)CCN(CC1=CC=CCC1)S(=O)O. The third-order valence-electron chi connectivity index (χ3n) is 2.50. The molecule has 1 aliphatic rings. The summed E-state index contributed by atoms with van der Waals surface area (Å²) in [6, 6.07) is 0. The largest absolute Gasteiger partial charge is 0.308 e. The molecule has 16 heavy (non-hydrogen) atoms. The van der Waals surface area contributed by atoms with E-state index >= 15 is 0 Å². The highest BCUT2D eigenvalue weighted by atomic mass is 32.2. The molecule has 1 aliphatic carbocycles. The maximum atomic E-state index is 11.2. The highest BCUT2D eigenvalue weighted by Crippen LogP contribution is 2.13. The molecule has 1 unspecified atom stereocenters. The molecule has 0 radical (unpaired) electrons. The van der Waals surface area contributed by atoms with Crippen molar-refractivity contribution in [2.75, 3.05) is 33.7 Å². The first-order valence-corrected chi connectivity index (χ1v) is 6.51. The summed E-state index contributed by atoms with van der Waals surface area (Å²) in [6.07, 6.45) is 8.20. The zero-order valence-electron chi connectivity index (χ0n) is 9.93. The Hall–Kier alpha value is -0.490. The average Bonchev–Trinajstić information content (AvgIpc) is 2.25. The van der Waals surface area contributed by atoms with E-state index in [2.05, 4.69) is 6.08 Å². The van der Waals surface area contributed by atoms with Gasteiger partial charge in [-0.1, -0.05) is 23.8 Å². The summed E-state index contributed by atoms with van der Waals surface area (Å²) in [5.74, 6) is 0. The van der Waals surface area contributed by atoms with Crippen LogP contribution >= 0.6 is 0 Å². The lowest BCUT2D eigenvalue weighted by molar-refractivity contribution is 0.337. The van der Waals surface area contributed by atoms with E-state index in [9.17, 15) is 8.76 Å². The molecule has 1 atom stereocenters. The van der Waals surface area contributed by atoms with Gasteiger partial charge in [-0.3, -0.25) is 4.55 Å². The Kier molecular flexibility index (Phi) is 5.90. The lowest BCUT2D eigenvalue weighted by atomic mass is 10.1. The Balaban J connectivity index is 2.47. The number of rotatable bonds is 6. The summed E-state index contributed by atoms with van der Waals surface area (Å²) in [5.41, 5.74) is 1.23. The first kappa shape index (κ1) is 13.6. The van der Waals surface area contributed by atoms with Crippen LogP contribution < -0.4 is 0 Å². The van der Waals surface area contributed by atoms with Crippen LogP contribution in [0.15, 0.2) is 23.8 Å². The van der Waals surface area contributed by atoms with Crippen molar-refractivity contribution >= 4 is 11.3 Å². The van der Waals surface area contributed by atoms with Gasteiger partial charge >= 0.3 is 0 Å². The molecule has 0 aromatic heterocycles. The smallest absolute Gasteiger partial charge is 0.234 e. The quantitative estimate of drug-likeness (QED) is 0.715. The monoisotopic (exact) mass is 244 g/mol. The van der Waals surface area contributed by atoms with E-state index in [1.54, 1.807) is 4.31 Å². The van der Waals surface area contributed by atoms with Crippen LogP contribution in [0.1, 0.15) is 12.8 Å². The third kappa shape index (κ3) is 5.03. The number of nitrogens with zero attached hydrogens (tertiary/aromatic N) is 2. The third-order valence-corrected chi connectivity index (χ3v) is 3.25. The lowest BCUT2D eigenvalue weighted by Gasteiger charge is -2.21. The standard InChI is InChI=1S/C11H20N2O2S/c1-12(2)8-9-13(16(14)15)10-11-6-4-3-5-7-11/h3-4,6H,5,7-10H2,1-2H3,(H,14,15). The molecule has 0 amide bonds. The molecule has 0 aliphatic heterocycles. The van der Waals surface area contributed by atoms with Crippen LogP contribution in [-0.4, -0.2) is 51.7 Å². The van der Waals surface area contributed by atoms with Crippen LogP contribution in [-0.2, 0) is 11.3 Å². The molecule has 1 rings (SSSR count). The van der Waals surface area contributed by atoms with E-state index in [0.717, 1.165) is 19.4 Å². The van der Waals surface area contributed by atoms with Crippen LogP contribution in [0.4, 0.5) is 0 Å². The van der Waals surface area contributed by atoms with E-state index in [1.807, 2.05) is 31.1 Å². The predicted octanol–water partition coefficient (Wildman–Crippen LogP) is 1.26. The molecule has 0 saturated heterocycles.